The molecule has 28 heavy (non-hydrogen) atoms. The minimum Gasteiger partial charge on any atom is -0.359 e. The molecule has 1 amide bonds. The first-order valence-electron chi connectivity index (χ1n) is 9.90. The highest BCUT2D eigenvalue weighted by Gasteiger charge is 2.25. The van der Waals surface area contributed by atoms with Gasteiger partial charge in [-0.05, 0) is 55.1 Å². The summed E-state index contributed by atoms with van der Waals surface area (Å²) in [6, 6.07) is 18.9. The molecule has 3 aromatic rings. The monoisotopic (exact) mass is 395 g/mol. The van der Waals surface area contributed by atoms with Gasteiger partial charge in [0.25, 0.3) is 0 Å². The van der Waals surface area contributed by atoms with Crippen molar-refractivity contribution in [3.63, 3.8) is 0 Å². The number of rotatable bonds is 5. The van der Waals surface area contributed by atoms with E-state index in [-0.39, 0.29) is 11.8 Å². The highest BCUT2D eigenvalue weighted by Crippen LogP contribution is 2.26. The Bertz CT molecular complexity index is 973. The molecular formula is C23H26ClN3O. The maximum Gasteiger partial charge on any atom is 0.222 e. The first-order valence-corrected chi connectivity index (χ1v) is 10.3. The summed E-state index contributed by atoms with van der Waals surface area (Å²) in [5.41, 5.74) is 3.65. The van der Waals surface area contributed by atoms with Gasteiger partial charge in [0.05, 0.1) is 0 Å². The lowest BCUT2D eigenvalue weighted by Gasteiger charge is -2.31. The fourth-order valence-corrected chi connectivity index (χ4v) is 4.36. The van der Waals surface area contributed by atoms with Crippen molar-refractivity contribution >= 4 is 28.4 Å². The Kier molecular flexibility index (Phi) is 5.69. The summed E-state index contributed by atoms with van der Waals surface area (Å²) in [6.45, 7) is 3.55. The van der Waals surface area contributed by atoms with Gasteiger partial charge in [0.15, 0.2) is 0 Å². The zero-order chi connectivity index (χ0) is 19.5. The third kappa shape index (κ3) is 3.94. The van der Waals surface area contributed by atoms with Crippen molar-refractivity contribution in [3.8, 4) is 0 Å². The number of benzene rings is 2. The molecule has 1 saturated heterocycles. The van der Waals surface area contributed by atoms with Gasteiger partial charge < -0.3 is 9.88 Å². The molecular weight excluding hydrogens is 370 g/mol. The molecule has 0 bridgehead atoms. The van der Waals surface area contributed by atoms with E-state index in [1.807, 2.05) is 18.2 Å². The molecule has 0 radical (unpaired) electrons. The van der Waals surface area contributed by atoms with Crippen LogP contribution in [0.1, 0.15) is 24.1 Å². The fourth-order valence-electron chi connectivity index (χ4n) is 4.17. The predicted molar refractivity (Wildman–Crippen MR) is 115 cm³/mol. The summed E-state index contributed by atoms with van der Waals surface area (Å²) < 4.78 is 2.38. The number of carbonyl (C=O) groups excluding carboxylic acids is 1. The molecule has 4 nitrogen and oxygen atoms in total. The molecule has 2 heterocycles. The molecule has 1 fully saturated rings. The minimum absolute atomic E-state index is 0.148. The Morgan fingerprint density at radius 1 is 1.07 bits per heavy atom. The standard InChI is InChI=1S/C23H26ClN3O/c1-25-23(28)17-10-12-26(13-11-17)16-20-14-18-6-3-5-9-22(18)27(20)15-19-7-2-4-8-21(19)24/h2-9,14,17H,10-13,15-16H2,1H3,(H,25,28). The summed E-state index contributed by atoms with van der Waals surface area (Å²) in [5.74, 6) is 0.322. The second-order valence-corrected chi connectivity index (χ2v) is 7.94. The van der Waals surface area contributed by atoms with Gasteiger partial charge in [-0.15, -0.1) is 0 Å². The van der Waals surface area contributed by atoms with Gasteiger partial charge in [0, 0.05) is 42.3 Å². The molecule has 1 aromatic heterocycles. The first kappa shape index (κ1) is 19.0. The topological polar surface area (TPSA) is 37.3 Å². The lowest BCUT2D eigenvalue weighted by Crippen LogP contribution is -2.39. The number of carbonyl (C=O) groups is 1. The van der Waals surface area contributed by atoms with E-state index in [1.54, 1.807) is 7.05 Å². The Morgan fingerprint density at radius 3 is 2.54 bits per heavy atom. The van der Waals surface area contributed by atoms with Crippen molar-refractivity contribution in [2.45, 2.75) is 25.9 Å². The van der Waals surface area contributed by atoms with E-state index in [4.69, 9.17) is 11.6 Å². The third-order valence-corrected chi connectivity index (χ3v) is 6.14. The highest BCUT2D eigenvalue weighted by atomic mass is 35.5. The number of piperidine rings is 1. The number of nitrogens with one attached hydrogen (secondary N) is 1. The maximum absolute atomic E-state index is 11.9. The lowest BCUT2D eigenvalue weighted by atomic mass is 9.96. The zero-order valence-electron chi connectivity index (χ0n) is 16.2. The Morgan fingerprint density at radius 2 is 1.79 bits per heavy atom. The number of amides is 1. The van der Waals surface area contributed by atoms with Crippen LogP contribution in [0.5, 0.6) is 0 Å². The number of fused-ring (bicyclic) bond motifs is 1. The van der Waals surface area contributed by atoms with Crippen LogP contribution in [0.15, 0.2) is 54.6 Å². The second-order valence-electron chi connectivity index (χ2n) is 7.54. The molecule has 5 heteroatoms. The molecule has 146 valence electrons. The highest BCUT2D eigenvalue weighted by molar-refractivity contribution is 6.31. The van der Waals surface area contributed by atoms with Crippen LogP contribution in [-0.2, 0) is 17.9 Å². The number of nitrogens with zero attached hydrogens (tertiary/aromatic N) is 2. The molecule has 1 aliphatic rings. The van der Waals surface area contributed by atoms with Crippen LogP contribution >= 0.6 is 11.6 Å². The Labute approximate surface area is 171 Å². The fraction of sp³-hybridized carbons (Fsp3) is 0.348. The Balaban J connectivity index is 1.57. The lowest BCUT2D eigenvalue weighted by molar-refractivity contribution is -0.125. The van der Waals surface area contributed by atoms with Crippen LogP contribution in [0.3, 0.4) is 0 Å². The molecule has 0 atom stereocenters. The van der Waals surface area contributed by atoms with Gasteiger partial charge in [-0.1, -0.05) is 48.0 Å². The van der Waals surface area contributed by atoms with Crippen LogP contribution in [0.25, 0.3) is 10.9 Å². The van der Waals surface area contributed by atoms with Gasteiger partial charge in [0.2, 0.25) is 5.91 Å². The summed E-state index contributed by atoms with van der Waals surface area (Å²) in [6.07, 6.45) is 1.84. The summed E-state index contributed by atoms with van der Waals surface area (Å²) in [7, 11) is 1.72. The van der Waals surface area contributed by atoms with E-state index in [2.05, 4.69) is 51.2 Å². The molecule has 4 rings (SSSR count). The number of halogens is 1. The number of likely N-dealkylation sites (tertiary alicyclic amines) is 1. The van der Waals surface area contributed by atoms with Crippen molar-refractivity contribution in [1.82, 2.24) is 14.8 Å². The van der Waals surface area contributed by atoms with E-state index >= 15 is 0 Å². The minimum atomic E-state index is 0.148. The van der Waals surface area contributed by atoms with E-state index in [0.29, 0.717) is 0 Å². The van der Waals surface area contributed by atoms with Crippen molar-refractivity contribution < 1.29 is 4.79 Å². The first-order chi connectivity index (χ1) is 13.7. The van der Waals surface area contributed by atoms with Gasteiger partial charge >= 0.3 is 0 Å². The van der Waals surface area contributed by atoms with Crippen LogP contribution in [0.2, 0.25) is 5.02 Å². The zero-order valence-corrected chi connectivity index (χ0v) is 17.0. The number of para-hydroxylation sites is 1. The average molecular weight is 396 g/mol. The van der Waals surface area contributed by atoms with E-state index in [1.165, 1.54) is 16.6 Å². The molecule has 1 aliphatic heterocycles. The van der Waals surface area contributed by atoms with Crippen LogP contribution in [0.4, 0.5) is 0 Å². The van der Waals surface area contributed by atoms with E-state index in [9.17, 15) is 4.79 Å². The molecule has 0 spiro atoms. The largest absolute Gasteiger partial charge is 0.359 e. The van der Waals surface area contributed by atoms with Gasteiger partial charge in [-0.25, -0.2) is 0 Å². The Hall–Kier alpha value is -2.30. The smallest absolute Gasteiger partial charge is 0.222 e. The van der Waals surface area contributed by atoms with Crippen LogP contribution < -0.4 is 5.32 Å². The molecule has 0 aliphatic carbocycles. The summed E-state index contributed by atoms with van der Waals surface area (Å²) >= 11 is 6.43. The van der Waals surface area contributed by atoms with Gasteiger partial charge in [-0.2, -0.15) is 0 Å². The van der Waals surface area contributed by atoms with Crippen molar-refractivity contribution in [2.75, 3.05) is 20.1 Å². The van der Waals surface area contributed by atoms with E-state index < -0.39 is 0 Å². The van der Waals surface area contributed by atoms with Crippen LogP contribution in [-0.4, -0.2) is 35.5 Å². The number of aromatic nitrogens is 1. The molecule has 2 aromatic carbocycles. The normalized spacial score (nSPS) is 15.8. The molecule has 1 N–H and O–H groups in total. The van der Waals surface area contributed by atoms with Crippen molar-refractivity contribution in [3.05, 3.63) is 70.9 Å². The third-order valence-electron chi connectivity index (χ3n) is 5.77. The van der Waals surface area contributed by atoms with Gasteiger partial charge in [-0.3, -0.25) is 9.69 Å². The molecule has 0 unspecified atom stereocenters. The predicted octanol–water partition coefficient (Wildman–Crippen LogP) is 4.30. The number of hydrogen-bond acceptors (Lipinski definition) is 2. The summed E-state index contributed by atoms with van der Waals surface area (Å²) in [4.78, 5) is 14.3. The van der Waals surface area contributed by atoms with Gasteiger partial charge in [0.1, 0.15) is 0 Å². The quantitative estimate of drug-likeness (QED) is 0.699. The van der Waals surface area contributed by atoms with E-state index in [0.717, 1.165) is 49.6 Å². The van der Waals surface area contributed by atoms with Crippen molar-refractivity contribution in [2.24, 2.45) is 5.92 Å². The summed E-state index contributed by atoms with van der Waals surface area (Å²) in [5, 5.41) is 4.84. The maximum atomic E-state index is 11.9. The second kappa shape index (κ2) is 8.38. The van der Waals surface area contributed by atoms with Crippen molar-refractivity contribution in [1.29, 1.82) is 0 Å². The SMILES string of the molecule is CNC(=O)C1CCN(Cc2cc3ccccc3n2Cc2ccccc2Cl)CC1. The molecule has 0 saturated carbocycles. The average Bonchev–Trinajstić information content (AvgIpc) is 3.07. The number of hydrogen-bond donors (Lipinski definition) is 1. The van der Waals surface area contributed by atoms with Crippen LogP contribution in [0, 0.1) is 5.92 Å².